The molecule has 1 aromatic carbocycles. The second-order valence-electron chi connectivity index (χ2n) is 4.03. The summed E-state index contributed by atoms with van der Waals surface area (Å²) >= 11 is 5.86. The molecule has 8 heteroatoms. The Morgan fingerprint density at radius 2 is 1.95 bits per heavy atom. The van der Waals surface area contributed by atoms with E-state index in [1.54, 1.807) is 10.9 Å². The standard InChI is InChI=1S/C12H11ClN6.ClH/c13-9-3-1-8(2-4-9)6-19-12-10(5-17-19)11(18-14)15-7-16-12;/h1-5,7H,6,14H2,(H,15,16,18);1H. The van der Waals surface area contributed by atoms with E-state index in [9.17, 15) is 0 Å². The van der Waals surface area contributed by atoms with Gasteiger partial charge >= 0.3 is 0 Å². The van der Waals surface area contributed by atoms with E-state index in [1.807, 2.05) is 24.3 Å². The van der Waals surface area contributed by atoms with Crippen molar-refractivity contribution >= 4 is 40.9 Å². The van der Waals surface area contributed by atoms with Gasteiger partial charge in [0.2, 0.25) is 0 Å². The summed E-state index contributed by atoms with van der Waals surface area (Å²) in [5.41, 5.74) is 4.36. The van der Waals surface area contributed by atoms with E-state index >= 15 is 0 Å². The van der Waals surface area contributed by atoms with E-state index < -0.39 is 0 Å². The van der Waals surface area contributed by atoms with Crippen molar-refractivity contribution in [1.82, 2.24) is 19.7 Å². The molecule has 20 heavy (non-hydrogen) atoms. The van der Waals surface area contributed by atoms with Crippen molar-refractivity contribution < 1.29 is 0 Å². The molecule has 2 aromatic heterocycles. The van der Waals surface area contributed by atoms with Crippen molar-refractivity contribution in [3.63, 3.8) is 0 Å². The molecule has 0 saturated carbocycles. The fourth-order valence-corrected chi connectivity index (χ4v) is 2.01. The third-order valence-corrected chi connectivity index (χ3v) is 3.07. The maximum absolute atomic E-state index is 5.86. The molecule has 0 spiro atoms. The van der Waals surface area contributed by atoms with Crippen LogP contribution in [0.15, 0.2) is 36.8 Å². The van der Waals surface area contributed by atoms with Gasteiger partial charge in [0.15, 0.2) is 11.5 Å². The number of nitrogens with zero attached hydrogens (tertiary/aromatic N) is 4. The monoisotopic (exact) mass is 310 g/mol. The minimum atomic E-state index is 0. The Labute approximate surface area is 126 Å². The molecule has 0 fully saturated rings. The van der Waals surface area contributed by atoms with Crippen LogP contribution in [0.4, 0.5) is 5.82 Å². The van der Waals surface area contributed by atoms with Gasteiger partial charge in [0.1, 0.15) is 6.33 Å². The number of nitrogen functional groups attached to an aromatic ring is 1. The van der Waals surface area contributed by atoms with E-state index in [4.69, 9.17) is 17.4 Å². The molecule has 3 N–H and O–H groups in total. The maximum atomic E-state index is 5.86. The van der Waals surface area contributed by atoms with Crippen LogP contribution in [0.25, 0.3) is 11.0 Å². The van der Waals surface area contributed by atoms with Crippen LogP contribution in [0.2, 0.25) is 5.02 Å². The van der Waals surface area contributed by atoms with E-state index in [0.29, 0.717) is 17.4 Å². The number of halogens is 2. The highest BCUT2D eigenvalue weighted by molar-refractivity contribution is 6.30. The normalized spacial score (nSPS) is 10.3. The summed E-state index contributed by atoms with van der Waals surface area (Å²) in [4.78, 5) is 8.27. The number of fused-ring (bicyclic) bond motifs is 1. The molecule has 2 heterocycles. The Morgan fingerprint density at radius 3 is 2.65 bits per heavy atom. The van der Waals surface area contributed by atoms with E-state index in [-0.39, 0.29) is 12.4 Å². The molecule has 0 unspecified atom stereocenters. The first-order valence-electron chi connectivity index (χ1n) is 5.65. The van der Waals surface area contributed by atoms with Gasteiger partial charge in [-0.05, 0) is 17.7 Å². The predicted octanol–water partition coefficient (Wildman–Crippen LogP) is 2.24. The third kappa shape index (κ3) is 2.67. The molecule has 3 aromatic rings. The average Bonchev–Trinajstić information content (AvgIpc) is 2.84. The second kappa shape index (κ2) is 6.04. The van der Waals surface area contributed by atoms with E-state index in [1.165, 1.54) is 6.33 Å². The van der Waals surface area contributed by atoms with Gasteiger partial charge in [0.25, 0.3) is 0 Å². The van der Waals surface area contributed by atoms with Crippen molar-refractivity contribution in [1.29, 1.82) is 0 Å². The lowest BCUT2D eigenvalue weighted by Gasteiger charge is -2.04. The summed E-state index contributed by atoms with van der Waals surface area (Å²) in [6, 6.07) is 7.62. The Bertz CT molecular complexity index is 710. The lowest BCUT2D eigenvalue weighted by atomic mass is 10.2. The predicted molar refractivity (Wildman–Crippen MR) is 80.9 cm³/mol. The van der Waals surface area contributed by atoms with Gasteiger partial charge in [-0.3, -0.25) is 0 Å². The lowest BCUT2D eigenvalue weighted by molar-refractivity contribution is 0.704. The Hall–Kier alpha value is -1.89. The highest BCUT2D eigenvalue weighted by atomic mass is 35.5. The van der Waals surface area contributed by atoms with Crippen LogP contribution in [0.5, 0.6) is 0 Å². The number of anilines is 1. The fraction of sp³-hybridized carbons (Fsp3) is 0.0833. The molecule has 0 atom stereocenters. The zero-order valence-corrected chi connectivity index (χ0v) is 11.9. The molecule has 3 rings (SSSR count). The number of nitrogens with one attached hydrogen (secondary N) is 1. The molecule has 0 bridgehead atoms. The molecule has 0 aliphatic heterocycles. The smallest absolute Gasteiger partial charge is 0.163 e. The Morgan fingerprint density at radius 1 is 1.20 bits per heavy atom. The SMILES string of the molecule is Cl.NNc1ncnc2c1cnn2Cc1ccc(Cl)cc1. The molecule has 0 radical (unpaired) electrons. The summed E-state index contributed by atoms with van der Waals surface area (Å²) in [6.45, 7) is 0.613. The zero-order valence-electron chi connectivity index (χ0n) is 10.3. The van der Waals surface area contributed by atoms with Crippen molar-refractivity contribution in [3.05, 3.63) is 47.4 Å². The highest BCUT2D eigenvalue weighted by Crippen LogP contribution is 2.18. The zero-order chi connectivity index (χ0) is 13.2. The molecule has 0 saturated heterocycles. The number of hydrazine groups is 1. The number of benzene rings is 1. The molecule has 6 nitrogen and oxygen atoms in total. The molecule has 0 amide bonds. The molecule has 0 aliphatic carbocycles. The topological polar surface area (TPSA) is 81.7 Å². The van der Waals surface area contributed by atoms with Gasteiger partial charge in [0.05, 0.1) is 18.1 Å². The van der Waals surface area contributed by atoms with Gasteiger partial charge in [-0.25, -0.2) is 20.5 Å². The van der Waals surface area contributed by atoms with Crippen LogP contribution in [0.1, 0.15) is 5.56 Å². The van der Waals surface area contributed by atoms with Crippen LogP contribution < -0.4 is 11.3 Å². The van der Waals surface area contributed by atoms with Crippen LogP contribution in [-0.4, -0.2) is 19.7 Å². The van der Waals surface area contributed by atoms with Crippen LogP contribution >= 0.6 is 24.0 Å². The highest BCUT2D eigenvalue weighted by Gasteiger charge is 2.09. The largest absolute Gasteiger partial charge is 0.308 e. The number of hydrogen-bond acceptors (Lipinski definition) is 5. The quantitative estimate of drug-likeness (QED) is 0.572. The van der Waals surface area contributed by atoms with Crippen LogP contribution in [0.3, 0.4) is 0 Å². The first kappa shape index (κ1) is 14.5. The van der Waals surface area contributed by atoms with Crippen molar-refractivity contribution in [3.8, 4) is 0 Å². The van der Waals surface area contributed by atoms with Gasteiger partial charge in [-0.2, -0.15) is 5.10 Å². The number of hydrogen-bond donors (Lipinski definition) is 2. The molecular formula is C12H12Cl2N6. The summed E-state index contributed by atoms with van der Waals surface area (Å²) in [5.74, 6) is 5.96. The second-order valence-corrected chi connectivity index (χ2v) is 4.47. The fourth-order valence-electron chi connectivity index (χ4n) is 1.89. The van der Waals surface area contributed by atoms with Gasteiger partial charge in [-0.1, -0.05) is 23.7 Å². The average molecular weight is 311 g/mol. The Balaban J connectivity index is 0.00000147. The first-order chi connectivity index (χ1) is 9.28. The van der Waals surface area contributed by atoms with Gasteiger partial charge in [-0.15, -0.1) is 12.4 Å². The third-order valence-electron chi connectivity index (χ3n) is 2.82. The van der Waals surface area contributed by atoms with Crippen molar-refractivity contribution in [2.24, 2.45) is 5.84 Å². The number of aromatic nitrogens is 4. The number of rotatable bonds is 3. The molecular weight excluding hydrogens is 299 g/mol. The summed E-state index contributed by atoms with van der Waals surface area (Å²) < 4.78 is 1.79. The first-order valence-corrected chi connectivity index (χ1v) is 6.03. The molecule has 104 valence electrons. The maximum Gasteiger partial charge on any atom is 0.163 e. The lowest BCUT2D eigenvalue weighted by Crippen LogP contribution is -2.09. The van der Waals surface area contributed by atoms with Crippen molar-refractivity contribution in [2.45, 2.75) is 6.54 Å². The van der Waals surface area contributed by atoms with Gasteiger partial charge < -0.3 is 5.43 Å². The molecule has 0 aliphatic rings. The van der Waals surface area contributed by atoms with E-state index in [2.05, 4.69) is 20.5 Å². The van der Waals surface area contributed by atoms with Crippen LogP contribution in [0, 0.1) is 0 Å². The minimum Gasteiger partial charge on any atom is -0.308 e. The Kier molecular flexibility index (Phi) is 4.39. The van der Waals surface area contributed by atoms with Crippen LogP contribution in [-0.2, 0) is 6.54 Å². The summed E-state index contributed by atoms with van der Waals surface area (Å²) in [7, 11) is 0. The summed E-state index contributed by atoms with van der Waals surface area (Å²) in [6.07, 6.45) is 3.15. The number of nitrogens with two attached hydrogens (primary N) is 1. The summed E-state index contributed by atoms with van der Waals surface area (Å²) in [5, 5.41) is 5.81. The van der Waals surface area contributed by atoms with E-state index in [0.717, 1.165) is 16.6 Å². The van der Waals surface area contributed by atoms with Crippen molar-refractivity contribution in [2.75, 3.05) is 5.43 Å². The van der Waals surface area contributed by atoms with Gasteiger partial charge in [0, 0.05) is 5.02 Å². The minimum absolute atomic E-state index is 0.